The minimum absolute atomic E-state index is 0.563. The van der Waals surface area contributed by atoms with Crippen molar-refractivity contribution >= 4 is 12.2 Å². The van der Waals surface area contributed by atoms with Gasteiger partial charge in [-0.25, -0.2) is 0 Å². The van der Waals surface area contributed by atoms with Crippen LogP contribution in [0.25, 0.3) is 0 Å². The third-order valence-corrected chi connectivity index (χ3v) is 3.34. The molecule has 0 bridgehead atoms. The molecular weight excluding hydrogens is 192 g/mol. The minimum Gasteiger partial charge on any atom is -0.301 e. The number of aryl methyl sites for hydroxylation is 1. The van der Waals surface area contributed by atoms with E-state index in [1.165, 1.54) is 25.0 Å². The third-order valence-electron chi connectivity index (χ3n) is 3.03. The van der Waals surface area contributed by atoms with E-state index in [1.807, 2.05) is 0 Å². The lowest BCUT2D eigenvalue weighted by Crippen LogP contribution is -2.09. The molecule has 1 N–H and O–H groups in total. The molecule has 1 fully saturated rings. The Kier molecular flexibility index (Phi) is 2.77. The summed E-state index contributed by atoms with van der Waals surface area (Å²) < 4.78 is 3.13. The van der Waals surface area contributed by atoms with Crippen LogP contribution in [0.15, 0.2) is 6.07 Å². The van der Waals surface area contributed by atoms with Crippen molar-refractivity contribution in [3.63, 3.8) is 0 Å². The standard InChI is InChI=1S/C11H18N2S/c1-3-4-10-7-11(14)13(12-10)8(2)9-5-6-9/h7-9,12H,3-6H2,1-2H3. The lowest BCUT2D eigenvalue weighted by Gasteiger charge is -2.11. The van der Waals surface area contributed by atoms with E-state index < -0.39 is 0 Å². The summed E-state index contributed by atoms with van der Waals surface area (Å²) in [6.45, 7) is 4.46. The van der Waals surface area contributed by atoms with Crippen LogP contribution in [0.2, 0.25) is 0 Å². The molecule has 2 rings (SSSR count). The van der Waals surface area contributed by atoms with E-state index in [-0.39, 0.29) is 0 Å². The van der Waals surface area contributed by atoms with Gasteiger partial charge in [-0.05, 0) is 38.2 Å². The minimum atomic E-state index is 0.563. The average Bonchev–Trinajstić information content (AvgIpc) is 2.91. The summed E-state index contributed by atoms with van der Waals surface area (Å²) in [4.78, 5) is 0. The molecule has 1 aromatic rings. The number of nitrogens with one attached hydrogen (secondary N) is 1. The number of hydrogen-bond acceptors (Lipinski definition) is 1. The molecule has 0 aliphatic heterocycles. The summed E-state index contributed by atoms with van der Waals surface area (Å²) in [5.41, 5.74) is 1.28. The van der Waals surface area contributed by atoms with Gasteiger partial charge in [-0.15, -0.1) is 0 Å². The Morgan fingerprint density at radius 1 is 1.64 bits per heavy atom. The van der Waals surface area contributed by atoms with Crippen molar-refractivity contribution in [2.24, 2.45) is 5.92 Å². The Hall–Kier alpha value is -0.570. The number of nitrogens with zero attached hydrogens (tertiary/aromatic N) is 1. The van der Waals surface area contributed by atoms with Crippen molar-refractivity contribution in [2.45, 2.75) is 45.6 Å². The maximum absolute atomic E-state index is 5.34. The quantitative estimate of drug-likeness (QED) is 0.755. The molecule has 2 nitrogen and oxygen atoms in total. The Labute approximate surface area is 90.3 Å². The first-order chi connectivity index (χ1) is 6.72. The number of H-pyrrole nitrogens is 1. The second kappa shape index (κ2) is 3.89. The smallest absolute Gasteiger partial charge is 0.122 e. The van der Waals surface area contributed by atoms with Crippen molar-refractivity contribution in [3.8, 4) is 0 Å². The molecule has 78 valence electrons. The van der Waals surface area contributed by atoms with Crippen LogP contribution in [0.1, 0.15) is 44.8 Å². The maximum Gasteiger partial charge on any atom is 0.122 e. The van der Waals surface area contributed by atoms with Gasteiger partial charge in [-0.3, -0.25) is 4.68 Å². The highest BCUT2D eigenvalue weighted by atomic mass is 32.1. The zero-order valence-electron chi connectivity index (χ0n) is 8.92. The molecule has 1 unspecified atom stereocenters. The average molecular weight is 210 g/mol. The normalized spacial score (nSPS) is 18.4. The van der Waals surface area contributed by atoms with Gasteiger partial charge in [-0.1, -0.05) is 25.6 Å². The molecule has 3 heteroatoms. The van der Waals surface area contributed by atoms with Crippen LogP contribution >= 0.6 is 12.2 Å². The predicted molar refractivity (Wildman–Crippen MR) is 61.0 cm³/mol. The van der Waals surface area contributed by atoms with Crippen LogP contribution < -0.4 is 0 Å². The number of aromatic amines is 1. The first-order valence-electron chi connectivity index (χ1n) is 5.52. The first-order valence-corrected chi connectivity index (χ1v) is 5.93. The Morgan fingerprint density at radius 2 is 2.36 bits per heavy atom. The molecular formula is C11H18N2S. The lowest BCUT2D eigenvalue weighted by molar-refractivity contribution is 0.432. The van der Waals surface area contributed by atoms with Crippen molar-refractivity contribution < 1.29 is 0 Å². The highest BCUT2D eigenvalue weighted by Crippen LogP contribution is 2.39. The highest BCUT2D eigenvalue weighted by molar-refractivity contribution is 7.71. The first kappa shape index (κ1) is 9.97. The van der Waals surface area contributed by atoms with Gasteiger partial charge < -0.3 is 5.10 Å². The topological polar surface area (TPSA) is 20.7 Å². The van der Waals surface area contributed by atoms with Crippen molar-refractivity contribution in [3.05, 3.63) is 16.4 Å². The molecule has 1 saturated carbocycles. The summed E-state index contributed by atoms with van der Waals surface area (Å²) >= 11 is 5.34. The highest BCUT2D eigenvalue weighted by Gasteiger charge is 2.29. The van der Waals surface area contributed by atoms with E-state index in [4.69, 9.17) is 12.2 Å². The van der Waals surface area contributed by atoms with Crippen LogP contribution in [0, 0.1) is 10.6 Å². The van der Waals surface area contributed by atoms with Crippen LogP contribution in [-0.2, 0) is 6.42 Å². The fraction of sp³-hybridized carbons (Fsp3) is 0.727. The van der Waals surface area contributed by atoms with E-state index in [2.05, 4.69) is 29.7 Å². The van der Waals surface area contributed by atoms with E-state index in [1.54, 1.807) is 0 Å². The zero-order valence-corrected chi connectivity index (χ0v) is 9.73. The Morgan fingerprint density at radius 3 is 2.93 bits per heavy atom. The summed E-state index contributed by atoms with van der Waals surface area (Å²) in [5, 5.41) is 3.42. The molecule has 0 amide bonds. The molecule has 1 aliphatic carbocycles. The molecule has 14 heavy (non-hydrogen) atoms. The van der Waals surface area contributed by atoms with Gasteiger partial charge in [-0.2, -0.15) is 0 Å². The molecule has 1 atom stereocenters. The van der Waals surface area contributed by atoms with Crippen molar-refractivity contribution in [1.29, 1.82) is 0 Å². The van der Waals surface area contributed by atoms with Crippen LogP contribution in [-0.4, -0.2) is 9.78 Å². The maximum atomic E-state index is 5.34. The van der Waals surface area contributed by atoms with Gasteiger partial charge in [0.05, 0.1) is 6.04 Å². The number of hydrogen-bond donors (Lipinski definition) is 1. The van der Waals surface area contributed by atoms with Crippen LogP contribution in [0.3, 0.4) is 0 Å². The lowest BCUT2D eigenvalue weighted by atomic mass is 10.2. The van der Waals surface area contributed by atoms with E-state index >= 15 is 0 Å². The molecule has 0 aromatic carbocycles. The summed E-state index contributed by atoms with van der Waals surface area (Å²) in [6.07, 6.45) is 5.01. The SMILES string of the molecule is CCCc1cc(=S)n(C(C)C2CC2)[nH]1. The molecule has 0 spiro atoms. The predicted octanol–water partition coefficient (Wildman–Crippen LogP) is 3.47. The second-order valence-corrected chi connectivity index (χ2v) is 4.74. The summed E-state index contributed by atoms with van der Waals surface area (Å²) in [7, 11) is 0. The number of aromatic nitrogens is 2. The largest absolute Gasteiger partial charge is 0.301 e. The number of rotatable bonds is 4. The van der Waals surface area contributed by atoms with Crippen molar-refractivity contribution in [2.75, 3.05) is 0 Å². The molecule has 1 heterocycles. The van der Waals surface area contributed by atoms with Gasteiger partial charge in [0.25, 0.3) is 0 Å². The van der Waals surface area contributed by atoms with Gasteiger partial charge in [0.2, 0.25) is 0 Å². The molecule has 1 aromatic heterocycles. The second-order valence-electron chi connectivity index (χ2n) is 4.32. The van der Waals surface area contributed by atoms with E-state index in [0.29, 0.717) is 6.04 Å². The Balaban J connectivity index is 2.19. The monoisotopic (exact) mass is 210 g/mol. The van der Waals surface area contributed by atoms with E-state index in [9.17, 15) is 0 Å². The fourth-order valence-electron chi connectivity index (χ4n) is 1.95. The molecule has 0 radical (unpaired) electrons. The third kappa shape index (κ3) is 1.92. The van der Waals surface area contributed by atoms with Gasteiger partial charge in [0.1, 0.15) is 4.64 Å². The van der Waals surface area contributed by atoms with Gasteiger partial charge in [0.15, 0.2) is 0 Å². The van der Waals surface area contributed by atoms with Crippen LogP contribution in [0.4, 0.5) is 0 Å². The van der Waals surface area contributed by atoms with Crippen molar-refractivity contribution in [1.82, 2.24) is 9.78 Å². The molecule has 1 aliphatic rings. The fourth-order valence-corrected chi connectivity index (χ4v) is 2.30. The van der Waals surface area contributed by atoms with Gasteiger partial charge in [0, 0.05) is 5.69 Å². The van der Waals surface area contributed by atoms with Gasteiger partial charge >= 0.3 is 0 Å². The van der Waals surface area contributed by atoms with E-state index in [0.717, 1.165) is 17.0 Å². The summed E-state index contributed by atoms with van der Waals surface area (Å²) in [6, 6.07) is 2.67. The molecule has 0 saturated heterocycles. The van der Waals surface area contributed by atoms with Crippen LogP contribution in [0.5, 0.6) is 0 Å². The Bertz CT molecular complexity index is 360. The summed E-state index contributed by atoms with van der Waals surface area (Å²) in [5.74, 6) is 0.856. The zero-order chi connectivity index (χ0) is 10.1.